The standard InChI is InChI=1S/C18H28N4O3/c1-5-24-11-16(12(2)3)21-17(23)14-6-8-22(9-7-14)18-15(10-19)20-13(4)25-18/h12,14,16H,5-9,11H2,1-4H3,(H,21,23). The first-order valence-corrected chi connectivity index (χ1v) is 8.96. The number of carbonyl (C=O) groups is 1. The first-order valence-electron chi connectivity index (χ1n) is 8.96. The van der Waals surface area contributed by atoms with Gasteiger partial charge in [-0.15, -0.1) is 0 Å². The Labute approximate surface area is 149 Å². The molecule has 2 heterocycles. The van der Waals surface area contributed by atoms with E-state index in [1.54, 1.807) is 6.92 Å². The molecule has 0 aromatic carbocycles. The maximum Gasteiger partial charge on any atom is 0.234 e. The summed E-state index contributed by atoms with van der Waals surface area (Å²) in [5.41, 5.74) is 0.317. The van der Waals surface area contributed by atoms with Gasteiger partial charge in [0.15, 0.2) is 5.89 Å². The number of carbonyl (C=O) groups excluding carboxylic acids is 1. The largest absolute Gasteiger partial charge is 0.424 e. The van der Waals surface area contributed by atoms with Gasteiger partial charge in [0.25, 0.3) is 0 Å². The number of anilines is 1. The Morgan fingerprint density at radius 3 is 2.72 bits per heavy atom. The summed E-state index contributed by atoms with van der Waals surface area (Å²) in [6.07, 6.45) is 1.46. The number of ether oxygens (including phenoxy) is 1. The average Bonchev–Trinajstić information content (AvgIpc) is 2.99. The van der Waals surface area contributed by atoms with Gasteiger partial charge in [0.2, 0.25) is 17.5 Å². The van der Waals surface area contributed by atoms with Gasteiger partial charge in [0.05, 0.1) is 12.6 Å². The molecule has 1 amide bonds. The van der Waals surface area contributed by atoms with Gasteiger partial charge in [-0.3, -0.25) is 4.79 Å². The zero-order valence-corrected chi connectivity index (χ0v) is 15.5. The van der Waals surface area contributed by atoms with E-state index in [0.717, 1.165) is 12.8 Å². The number of nitriles is 1. The molecule has 0 bridgehead atoms. The van der Waals surface area contributed by atoms with Crippen molar-refractivity contribution in [2.75, 3.05) is 31.2 Å². The molecule has 0 aliphatic carbocycles. The van der Waals surface area contributed by atoms with Crippen molar-refractivity contribution in [3.05, 3.63) is 11.6 Å². The van der Waals surface area contributed by atoms with Gasteiger partial charge in [0, 0.05) is 32.5 Å². The monoisotopic (exact) mass is 348 g/mol. The maximum absolute atomic E-state index is 12.6. The highest BCUT2D eigenvalue weighted by atomic mass is 16.5. The molecule has 1 saturated heterocycles. The Kier molecular flexibility index (Phi) is 6.82. The third-order valence-electron chi connectivity index (χ3n) is 4.61. The number of nitrogens with one attached hydrogen (secondary N) is 1. The topological polar surface area (TPSA) is 91.4 Å². The first-order chi connectivity index (χ1) is 12.0. The molecule has 1 aromatic heterocycles. The molecule has 138 valence electrons. The van der Waals surface area contributed by atoms with Crippen molar-refractivity contribution in [1.82, 2.24) is 10.3 Å². The van der Waals surface area contributed by atoms with Crippen LogP contribution in [-0.4, -0.2) is 43.2 Å². The highest BCUT2D eigenvalue weighted by molar-refractivity contribution is 5.79. The second-order valence-corrected chi connectivity index (χ2v) is 6.78. The van der Waals surface area contributed by atoms with E-state index < -0.39 is 0 Å². The van der Waals surface area contributed by atoms with E-state index in [0.29, 0.717) is 49.7 Å². The first kappa shape index (κ1) is 19.3. The van der Waals surface area contributed by atoms with Crippen molar-refractivity contribution in [2.24, 2.45) is 11.8 Å². The number of aryl methyl sites for hydroxylation is 1. The van der Waals surface area contributed by atoms with Crippen LogP contribution in [0.25, 0.3) is 0 Å². The second kappa shape index (κ2) is 8.86. The molecule has 7 nitrogen and oxygen atoms in total. The van der Waals surface area contributed by atoms with E-state index in [4.69, 9.17) is 14.4 Å². The van der Waals surface area contributed by atoms with Crippen molar-refractivity contribution in [3.63, 3.8) is 0 Å². The molecule has 1 aromatic rings. The van der Waals surface area contributed by atoms with Gasteiger partial charge in [-0.1, -0.05) is 13.8 Å². The van der Waals surface area contributed by atoms with E-state index in [2.05, 4.69) is 30.2 Å². The smallest absolute Gasteiger partial charge is 0.234 e. The predicted molar refractivity (Wildman–Crippen MR) is 94.2 cm³/mol. The van der Waals surface area contributed by atoms with E-state index in [1.165, 1.54) is 0 Å². The fraction of sp³-hybridized carbons (Fsp3) is 0.722. The minimum Gasteiger partial charge on any atom is -0.424 e. The molecule has 1 N–H and O–H groups in total. The third kappa shape index (κ3) is 4.95. The van der Waals surface area contributed by atoms with Crippen LogP contribution < -0.4 is 10.2 Å². The van der Waals surface area contributed by atoms with Crippen LogP contribution in [0.15, 0.2) is 4.42 Å². The van der Waals surface area contributed by atoms with E-state index in [9.17, 15) is 4.79 Å². The number of hydrogen-bond donors (Lipinski definition) is 1. The molecule has 1 atom stereocenters. The maximum atomic E-state index is 12.6. The molecule has 0 saturated carbocycles. The minimum absolute atomic E-state index is 0.0197. The summed E-state index contributed by atoms with van der Waals surface area (Å²) in [6.45, 7) is 10.4. The lowest BCUT2D eigenvalue weighted by atomic mass is 9.94. The third-order valence-corrected chi connectivity index (χ3v) is 4.61. The van der Waals surface area contributed by atoms with Gasteiger partial charge in [-0.25, -0.2) is 4.98 Å². The van der Waals surface area contributed by atoms with E-state index >= 15 is 0 Å². The summed E-state index contributed by atoms with van der Waals surface area (Å²) in [7, 11) is 0. The molecule has 1 fully saturated rings. The molecule has 1 aliphatic rings. The Morgan fingerprint density at radius 1 is 1.48 bits per heavy atom. The fourth-order valence-corrected chi connectivity index (χ4v) is 2.99. The van der Waals surface area contributed by atoms with Crippen LogP contribution in [0, 0.1) is 30.1 Å². The Bertz CT molecular complexity index is 612. The zero-order chi connectivity index (χ0) is 18.4. The molecule has 0 radical (unpaired) electrons. The molecular formula is C18H28N4O3. The Morgan fingerprint density at radius 2 is 2.16 bits per heavy atom. The van der Waals surface area contributed by atoms with Crippen molar-refractivity contribution in [1.29, 1.82) is 5.26 Å². The predicted octanol–water partition coefficient (Wildman–Crippen LogP) is 2.25. The summed E-state index contributed by atoms with van der Waals surface area (Å²) in [4.78, 5) is 18.7. The van der Waals surface area contributed by atoms with Gasteiger partial charge in [0.1, 0.15) is 6.07 Å². The highest BCUT2D eigenvalue weighted by Crippen LogP contribution is 2.27. The van der Waals surface area contributed by atoms with Crippen molar-refractivity contribution >= 4 is 11.8 Å². The van der Waals surface area contributed by atoms with E-state index in [1.807, 2.05) is 11.8 Å². The van der Waals surface area contributed by atoms with Crippen molar-refractivity contribution < 1.29 is 13.9 Å². The number of amides is 1. The number of piperidine rings is 1. The van der Waals surface area contributed by atoms with Crippen LogP contribution >= 0.6 is 0 Å². The van der Waals surface area contributed by atoms with Crippen LogP contribution in [0.5, 0.6) is 0 Å². The zero-order valence-electron chi connectivity index (χ0n) is 15.5. The van der Waals surface area contributed by atoms with Crippen molar-refractivity contribution in [2.45, 2.75) is 46.6 Å². The number of rotatable bonds is 7. The lowest BCUT2D eigenvalue weighted by Gasteiger charge is -2.32. The number of aromatic nitrogens is 1. The van der Waals surface area contributed by atoms with Gasteiger partial charge >= 0.3 is 0 Å². The summed E-state index contributed by atoms with van der Waals surface area (Å²) in [6, 6.07) is 2.10. The lowest BCUT2D eigenvalue weighted by molar-refractivity contribution is -0.127. The number of hydrogen-bond acceptors (Lipinski definition) is 6. The Hall–Kier alpha value is -2.07. The number of oxazole rings is 1. The summed E-state index contributed by atoms with van der Waals surface area (Å²) in [5, 5.41) is 12.3. The van der Waals surface area contributed by atoms with Crippen LogP contribution in [-0.2, 0) is 9.53 Å². The van der Waals surface area contributed by atoms with Gasteiger partial charge < -0.3 is 19.4 Å². The van der Waals surface area contributed by atoms with Gasteiger partial charge in [-0.2, -0.15) is 5.26 Å². The normalized spacial score (nSPS) is 16.7. The lowest BCUT2D eigenvalue weighted by Crippen LogP contribution is -2.47. The van der Waals surface area contributed by atoms with Crippen LogP contribution in [0.3, 0.4) is 0 Å². The average molecular weight is 348 g/mol. The fourth-order valence-electron chi connectivity index (χ4n) is 2.99. The molecule has 7 heteroatoms. The minimum atomic E-state index is -0.0197. The summed E-state index contributed by atoms with van der Waals surface area (Å²) < 4.78 is 11.0. The van der Waals surface area contributed by atoms with Crippen molar-refractivity contribution in [3.8, 4) is 6.07 Å². The Balaban J connectivity index is 1.90. The molecule has 0 spiro atoms. The molecule has 25 heavy (non-hydrogen) atoms. The summed E-state index contributed by atoms with van der Waals surface area (Å²) >= 11 is 0. The number of nitrogens with zero attached hydrogens (tertiary/aromatic N) is 3. The van der Waals surface area contributed by atoms with E-state index in [-0.39, 0.29) is 17.9 Å². The van der Waals surface area contributed by atoms with Crippen LogP contribution in [0.2, 0.25) is 0 Å². The molecular weight excluding hydrogens is 320 g/mol. The van der Waals surface area contributed by atoms with Gasteiger partial charge in [-0.05, 0) is 25.7 Å². The SMILES string of the molecule is CCOCC(NC(=O)C1CCN(c2oc(C)nc2C#N)CC1)C(C)C. The quantitative estimate of drug-likeness (QED) is 0.812. The second-order valence-electron chi connectivity index (χ2n) is 6.78. The van der Waals surface area contributed by atoms with Crippen LogP contribution in [0.4, 0.5) is 5.88 Å². The molecule has 2 rings (SSSR count). The summed E-state index contributed by atoms with van der Waals surface area (Å²) in [5.74, 6) is 1.41. The molecule has 1 aliphatic heterocycles. The highest BCUT2D eigenvalue weighted by Gasteiger charge is 2.29. The molecule has 1 unspecified atom stereocenters. The van der Waals surface area contributed by atoms with Crippen LogP contribution in [0.1, 0.15) is 45.2 Å².